The van der Waals surface area contributed by atoms with Gasteiger partial charge in [-0.3, -0.25) is 0 Å². The number of furan rings is 1. The van der Waals surface area contributed by atoms with Crippen molar-refractivity contribution >= 4 is 19.9 Å². The molecule has 3 rings (SSSR count). The zero-order valence-corrected chi connectivity index (χ0v) is 15.5. The highest BCUT2D eigenvalue weighted by molar-refractivity contribution is 7.91. The van der Waals surface area contributed by atoms with Crippen molar-refractivity contribution < 1.29 is 26.0 Å². The fraction of sp³-hybridized carbons (Fsp3) is 0.375. The lowest BCUT2D eigenvalue weighted by Gasteiger charge is -2.18. The molecule has 0 aliphatic carbocycles. The van der Waals surface area contributed by atoms with Crippen LogP contribution in [0, 0.1) is 0 Å². The quantitative estimate of drug-likeness (QED) is 0.780. The van der Waals surface area contributed by atoms with Crippen LogP contribution in [0.5, 0.6) is 5.75 Å². The van der Waals surface area contributed by atoms with E-state index < -0.39 is 19.9 Å². The van der Waals surface area contributed by atoms with Gasteiger partial charge in [0.1, 0.15) is 16.4 Å². The standard InChI is InChI=1S/C16H19NO6S2/c1-22-15-6-5-13(24(2,18)19)10-16(15)25(20,21)17-8-7-12(11-17)14-4-3-9-23-14/h3-6,9-10,12H,7-8,11H2,1-2H3. The van der Waals surface area contributed by atoms with Gasteiger partial charge in [-0.1, -0.05) is 0 Å². The highest BCUT2D eigenvalue weighted by atomic mass is 32.2. The molecule has 1 aliphatic rings. The summed E-state index contributed by atoms with van der Waals surface area (Å²) in [7, 11) is -6.07. The van der Waals surface area contributed by atoms with Crippen molar-refractivity contribution in [3.8, 4) is 5.75 Å². The van der Waals surface area contributed by atoms with Crippen LogP contribution in [0.1, 0.15) is 18.1 Å². The molecule has 0 radical (unpaired) electrons. The van der Waals surface area contributed by atoms with Gasteiger partial charge in [-0.05, 0) is 36.8 Å². The van der Waals surface area contributed by atoms with Gasteiger partial charge in [0, 0.05) is 25.3 Å². The van der Waals surface area contributed by atoms with Crippen LogP contribution in [0.2, 0.25) is 0 Å². The van der Waals surface area contributed by atoms with Crippen molar-refractivity contribution in [2.45, 2.75) is 22.1 Å². The Morgan fingerprint density at radius 3 is 2.56 bits per heavy atom. The molecule has 1 fully saturated rings. The third kappa shape index (κ3) is 3.44. The topological polar surface area (TPSA) is 93.9 Å². The lowest BCUT2D eigenvalue weighted by atomic mass is 10.1. The fourth-order valence-corrected chi connectivity index (χ4v) is 5.33. The number of benzene rings is 1. The van der Waals surface area contributed by atoms with E-state index in [1.54, 1.807) is 12.3 Å². The molecule has 1 aliphatic heterocycles. The Morgan fingerprint density at radius 2 is 1.96 bits per heavy atom. The van der Waals surface area contributed by atoms with E-state index in [0.717, 1.165) is 18.1 Å². The summed E-state index contributed by atoms with van der Waals surface area (Å²) in [5.41, 5.74) is 0. The van der Waals surface area contributed by atoms with Crippen molar-refractivity contribution in [2.24, 2.45) is 0 Å². The molecule has 0 N–H and O–H groups in total. The Hall–Kier alpha value is -1.84. The normalized spacial score (nSPS) is 19.2. The number of sulfonamides is 1. The number of ether oxygens (including phenoxy) is 1. The van der Waals surface area contributed by atoms with Gasteiger partial charge in [-0.2, -0.15) is 4.31 Å². The molecular formula is C16H19NO6S2. The molecule has 1 aromatic heterocycles. The van der Waals surface area contributed by atoms with Crippen LogP contribution in [0.25, 0.3) is 0 Å². The Bertz CT molecular complexity index is 964. The van der Waals surface area contributed by atoms with E-state index in [4.69, 9.17) is 9.15 Å². The third-order valence-electron chi connectivity index (χ3n) is 4.28. The van der Waals surface area contributed by atoms with Crippen LogP contribution in [0.3, 0.4) is 0 Å². The summed E-state index contributed by atoms with van der Waals surface area (Å²) < 4.78 is 61.5. The van der Waals surface area contributed by atoms with E-state index in [9.17, 15) is 16.8 Å². The molecule has 1 saturated heterocycles. The van der Waals surface area contributed by atoms with Gasteiger partial charge in [0.15, 0.2) is 9.84 Å². The minimum absolute atomic E-state index is 0.0196. The van der Waals surface area contributed by atoms with Gasteiger partial charge in [0.05, 0.1) is 18.3 Å². The molecule has 1 aromatic carbocycles. The zero-order chi connectivity index (χ0) is 18.2. The minimum atomic E-state index is -3.89. The maximum absolute atomic E-state index is 13.0. The molecule has 9 heteroatoms. The predicted molar refractivity (Wildman–Crippen MR) is 90.9 cm³/mol. The smallest absolute Gasteiger partial charge is 0.246 e. The van der Waals surface area contributed by atoms with Crippen molar-refractivity contribution in [1.29, 1.82) is 0 Å². The first kappa shape index (κ1) is 18.0. The van der Waals surface area contributed by atoms with E-state index >= 15 is 0 Å². The fourth-order valence-electron chi connectivity index (χ4n) is 2.93. The summed E-state index contributed by atoms with van der Waals surface area (Å²) in [4.78, 5) is -0.202. The number of sulfone groups is 1. The first-order valence-corrected chi connectivity index (χ1v) is 11.0. The van der Waals surface area contributed by atoms with Crippen molar-refractivity contribution in [3.05, 3.63) is 42.4 Å². The summed E-state index contributed by atoms with van der Waals surface area (Å²) >= 11 is 0. The summed E-state index contributed by atoms with van der Waals surface area (Å²) in [6.45, 7) is 0.613. The molecule has 1 unspecified atom stereocenters. The maximum Gasteiger partial charge on any atom is 0.246 e. The summed E-state index contributed by atoms with van der Waals surface area (Å²) in [5, 5.41) is 0. The molecule has 7 nitrogen and oxygen atoms in total. The Labute approximate surface area is 147 Å². The minimum Gasteiger partial charge on any atom is -0.495 e. The summed E-state index contributed by atoms with van der Waals surface area (Å²) in [6, 6.07) is 7.45. The number of nitrogens with zero attached hydrogens (tertiary/aromatic N) is 1. The van der Waals surface area contributed by atoms with Gasteiger partial charge in [0.2, 0.25) is 10.0 Å². The molecule has 0 saturated carbocycles. The van der Waals surface area contributed by atoms with Crippen molar-refractivity contribution in [2.75, 3.05) is 26.5 Å². The van der Waals surface area contributed by atoms with Crippen LogP contribution in [0.4, 0.5) is 0 Å². The summed E-state index contributed by atoms with van der Waals surface area (Å²) in [6.07, 6.45) is 3.24. The number of hydrogen-bond donors (Lipinski definition) is 0. The molecule has 0 bridgehead atoms. The van der Waals surface area contributed by atoms with Crippen LogP contribution in [-0.4, -0.2) is 47.6 Å². The maximum atomic E-state index is 13.0. The first-order chi connectivity index (χ1) is 11.7. The van der Waals surface area contributed by atoms with E-state index in [2.05, 4.69) is 0 Å². The van der Waals surface area contributed by atoms with Crippen molar-refractivity contribution in [1.82, 2.24) is 4.31 Å². The second kappa shape index (κ2) is 6.47. The molecule has 0 amide bonds. The van der Waals surface area contributed by atoms with E-state index in [1.165, 1.54) is 23.5 Å². The van der Waals surface area contributed by atoms with Gasteiger partial charge in [0.25, 0.3) is 0 Å². The van der Waals surface area contributed by atoms with E-state index in [-0.39, 0.29) is 28.0 Å². The second-order valence-corrected chi connectivity index (χ2v) is 9.87. The number of rotatable bonds is 5. The number of methoxy groups -OCH3 is 1. The zero-order valence-electron chi connectivity index (χ0n) is 13.9. The second-order valence-electron chi connectivity index (χ2n) is 5.95. The van der Waals surface area contributed by atoms with Crippen molar-refractivity contribution in [3.63, 3.8) is 0 Å². The molecule has 136 valence electrons. The Kier molecular flexibility index (Phi) is 4.65. The number of hydrogen-bond acceptors (Lipinski definition) is 6. The van der Waals surface area contributed by atoms with Crippen LogP contribution >= 0.6 is 0 Å². The average molecular weight is 385 g/mol. The Morgan fingerprint density at radius 1 is 1.20 bits per heavy atom. The van der Waals surface area contributed by atoms with Crippen LogP contribution in [-0.2, 0) is 19.9 Å². The van der Waals surface area contributed by atoms with Gasteiger partial charge in [-0.15, -0.1) is 0 Å². The van der Waals surface area contributed by atoms with Gasteiger partial charge < -0.3 is 9.15 Å². The predicted octanol–water partition coefficient (Wildman–Crippen LogP) is 1.87. The monoisotopic (exact) mass is 385 g/mol. The van der Waals surface area contributed by atoms with Crippen LogP contribution < -0.4 is 4.74 Å². The lowest BCUT2D eigenvalue weighted by molar-refractivity contribution is 0.396. The van der Waals surface area contributed by atoms with Gasteiger partial charge in [-0.25, -0.2) is 16.8 Å². The van der Waals surface area contributed by atoms with Gasteiger partial charge >= 0.3 is 0 Å². The van der Waals surface area contributed by atoms with E-state index in [0.29, 0.717) is 13.0 Å². The molecule has 2 aromatic rings. The molecule has 0 spiro atoms. The first-order valence-electron chi connectivity index (χ1n) is 7.65. The van der Waals surface area contributed by atoms with E-state index in [1.807, 2.05) is 6.07 Å². The molecule has 1 atom stereocenters. The highest BCUT2D eigenvalue weighted by Crippen LogP contribution is 2.35. The lowest BCUT2D eigenvalue weighted by Crippen LogP contribution is -2.29. The molecule has 25 heavy (non-hydrogen) atoms. The molecular weight excluding hydrogens is 366 g/mol. The SMILES string of the molecule is COc1ccc(S(C)(=O)=O)cc1S(=O)(=O)N1CCC(c2ccco2)C1. The Balaban J connectivity index is 1.97. The third-order valence-corrected chi connectivity index (χ3v) is 7.27. The largest absolute Gasteiger partial charge is 0.495 e. The summed E-state index contributed by atoms with van der Waals surface area (Å²) in [5.74, 6) is 0.845. The average Bonchev–Trinajstić information content (AvgIpc) is 3.24. The highest BCUT2D eigenvalue weighted by Gasteiger charge is 2.36. The van der Waals surface area contributed by atoms with Crippen LogP contribution in [0.15, 0.2) is 50.8 Å². The molecule has 2 heterocycles.